The van der Waals surface area contributed by atoms with E-state index in [1.54, 1.807) is 18.9 Å². The minimum Gasteiger partial charge on any atom is -0.497 e. The van der Waals surface area contributed by atoms with Crippen molar-refractivity contribution in [2.75, 3.05) is 13.8 Å². The molecule has 6 nitrogen and oxygen atoms in total. The molecule has 4 rings (SSSR count). The van der Waals surface area contributed by atoms with Crippen molar-refractivity contribution in [2.24, 2.45) is 0 Å². The van der Waals surface area contributed by atoms with Crippen LogP contribution in [0.5, 0.6) is 11.5 Å². The summed E-state index contributed by atoms with van der Waals surface area (Å²) in [5, 5.41) is 17.5. The number of carbonyl (C=O) groups is 1. The molecule has 0 spiro atoms. The number of benzene rings is 2. The number of likely N-dealkylation sites (tertiary alicyclic amines) is 1. The molecule has 7 heteroatoms. The Bertz CT molecular complexity index is 911. The van der Waals surface area contributed by atoms with E-state index < -0.39 is 5.97 Å². The van der Waals surface area contributed by atoms with Crippen LogP contribution in [0.3, 0.4) is 0 Å². The van der Waals surface area contributed by atoms with Crippen LogP contribution in [-0.2, 0) is 11.2 Å². The molecule has 2 heterocycles. The highest BCUT2D eigenvalue weighted by atomic mass is 32.2. The molecule has 2 aromatic rings. The van der Waals surface area contributed by atoms with Crippen molar-refractivity contribution in [1.29, 1.82) is 0 Å². The molecule has 0 saturated carbocycles. The fraction of sp³-hybridized carbons (Fsp3) is 0.480. The van der Waals surface area contributed by atoms with Gasteiger partial charge in [-0.15, -0.1) is 0 Å². The first-order valence-corrected chi connectivity index (χ1v) is 11.7. The van der Waals surface area contributed by atoms with Crippen molar-refractivity contribution in [3.8, 4) is 11.5 Å². The maximum absolute atomic E-state index is 10.1. The van der Waals surface area contributed by atoms with E-state index in [9.17, 15) is 5.11 Å². The second kappa shape index (κ2) is 10.6. The van der Waals surface area contributed by atoms with Crippen LogP contribution in [0.4, 0.5) is 0 Å². The molecule has 0 radical (unpaired) electrons. The summed E-state index contributed by atoms with van der Waals surface area (Å²) in [7, 11) is 1.69. The lowest BCUT2D eigenvalue weighted by Crippen LogP contribution is -2.32. The highest BCUT2D eigenvalue weighted by molar-refractivity contribution is 8.00. The van der Waals surface area contributed by atoms with Crippen LogP contribution in [-0.4, -0.2) is 45.9 Å². The summed E-state index contributed by atoms with van der Waals surface area (Å²) in [5.74, 6) is 1.03. The Hall–Kier alpha value is -2.22. The van der Waals surface area contributed by atoms with Gasteiger partial charge in [0.2, 0.25) is 0 Å². The first kappa shape index (κ1) is 24.4. The summed E-state index contributed by atoms with van der Waals surface area (Å²) in [6.07, 6.45) is 4.27. The second-order valence-electron chi connectivity index (χ2n) is 8.62. The molecule has 2 N–H and O–H groups in total. The van der Waals surface area contributed by atoms with Crippen LogP contribution in [0.25, 0.3) is 0 Å². The maximum atomic E-state index is 10.1. The van der Waals surface area contributed by atoms with E-state index in [-0.39, 0.29) is 17.7 Å². The fourth-order valence-corrected chi connectivity index (χ4v) is 5.46. The Morgan fingerprint density at radius 2 is 1.91 bits per heavy atom. The number of aliphatic hydroxyl groups excluding tert-OH is 1. The fourth-order valence-electron chi connectivity index (χ4n) is 4.39. The van der Waals surface area contributed by atoms with E-state index in [0.717, 1.165) is 44.1 Å². The number of fused-ring (bicyclic) bond motifs is 1. The summed E-state index contributed by atoms with van der Waals surface area (Å²) >= 11 is 1.77. The third-order valence-corrected chi connectivity index (χ3v) is 6.91. The second-order valence-corrected chi connectivity index (χ2v) is 10.2. The Morgan fingerprint density at radius 3 is 2.53 bits per heavy atom. The average Bonchev–Trinajstić information content (AvgIpc) is 3.29. The molecule has 0 bridgehead atoms. The molecule has 2 atom stereocenters. The number of rotatable bonds is 6. The number of thioether (sulfide) groups is 1. The number of hydrogen-bond acceptors (Lipinski definition) is 6. The van der Waals surface area contributed by atoms with E-state index in [0.29, 0.717) is 6.04 Å². The summed E-state index contributed by atoms with van der Waals surface area (Å²) in [5.41, 5.74) is 2.60. The molecule has 1 fully saturated rings. The van der Waals surface area contributed by atoms with Gasteiger partial charge in [-0.2, -0.15) is 0 Å². The van der Waals surface area contributed by atoms with Crippen LogP contribution in [0.2, 0.25) is 0 Å². The Balaban J connectivity index is 0.000000668. The van der Waals surface area contributed by atoms with Crippen molar-refractivity contribution in [2.45, 2.75) is 68.4 Å². The third kappa shape index (κ3) is 6.18. The van der Waals surface area contributed by atoms with Gasteiger partial charge in [-0.3, -0.25) is 9.69 Å². The van der Waals surface area contributed by atoms with Crippen molar-refractivity contribution in [1.82, 2.24) is 4.90 Å². The van der Waals surface area contributed by atoms with Crippen LogP contribution in [0.1, 0.15) is 57.2 Å². The summed E-state index contributed by atoms with van der Waals surface area (Å²) < 4.78 is 11.2. The van der Waals surface area contributed by atoms with Crippen molar-refractivity contribution >= 4 is 17.7 Å². The lowest BCUT2D eigenvalue weighted by atomic mass is 10.0. The molecular weight excluding hydrogens is 426 g/mol. The minimum atomic E-state index is -0.833. The molecule has 2 unspecified atom stereocenters. The molecule has 2 aromatic carbocycles. The third-order valence-electron chi connectivity index (χ3n) is 5.80. The summed E-state index contributed by atoms with van der Waals surface area (Å²) in [6, 6.07) is 15.5. The zero-order valence-electron chi connectivity index (χ0n) is 19.2. The van der Waals surface area contributed by atoms with Crippen LogP contribution in [0, 0.1) is 0 Å². The first-order valence-electron chi connectivity index (χ1n) is 10.9. The van der Waals surface area contributed by atoms with Gasteiger partial charge in [0.1, 0.15) is 11.5 Å². The van der Waals surface area contributed by atoms with Gasteiger partial charge >= 0.3 is 0 Å². The highest BCUT2D eigenvalue weighted by Gasteiger charge is 2.36. The van der Waals surface area contributed by atoms with E-state index in [4.69, 9.17) is 19.4 Å². The number of aryl methyl sites for hydroxylation is 1. The van der Waals surface area contributed by atoms with E-state index in [1.807, 2.05) is 12.1 Å². The van der Waals surface area contributed by atoms with Crippen molar-refractivity contribution in [3.63, 3.8) is 0 Å². The van der Waals surface area contributed by atoms with Crippen molar-refractivity contribution < 1.29 is 24.5 Å². The van der Waals surface area contributed by atoms with Crippen LogP contribution < -0.4 is 9.47 Å². The van der Waals surface area contributed by atoms with Crippen LogP contribution >= 0.6 is 11.8 Å². The van der Waals surface area contributed by atoms with Crippen LogP contribution in [0.15, 0.2) is 47.4 Å². The van der Waals surface area contributed by atoms with Gasteiger partial charge in [-0.25, -0.2) is 0 Å². The lowest BCUT2D eigenvalue weighted by molar-refractivity contribution is -0.134. The predicted octanol–water partition coefficient (Wildman–Crippen LogP) is 5.09. The van der Waals surface area contributed by atoms with E-state index in [1.165, 1.54) is 16.0 Å². The summed E-state index contributed by atoms with van der Waals surface area (Å²) in [4.78, 5) is 12.3. The highest BCUT2D eigenvalue weighted by Crippen LogP contribution is 2.49. The number of hydrogen-bond donors (Lipinski definition) is 2. The molecule has 0 amide bonds. The molecule has 0 aromatic heterocycles. The molecule has 1 saturated heterocycles. The number of aliphatic carboxylic acids is 1. The van der Waals surface area contributed by atoms with Gasteiger partial charge in [-0.1, -0.05) is 30.0 Å². The molecule has 32 heavy (non-hydrogen) atoms. The van der Waals surface area contributed by atoms with Gasteiger partial charge in [0.25, 0.3) is 5.97 Å². The first-order chi connectivity index (χ1) is 15.2. The molecule has 2 aliphatic heterocycles. The monoisotopic (exact) mass is 459 g/mol. The largest absolute Gasteiger partial charge is 0.497 e. The summed E-state index contributed by atoms with van der Waals surface area (Å²) in [6.45, 7) is 5.38. The molecule has 2 aliphatic rings. The quantitative estimate of drug-likeness (QED) is 0.622. The molecular formula is C25H33NO5S. The lowest BCUT2D eigenvalue weighted by Gasteiger charge is -2.28. The van der Waals surface area contributed by atoms with Gasteiger partial charge in [-0.05, 0) is 74.9 Å². The van der Waals surface area contributed by atoms with E-state index in [2.05, 4.69) is 49.1 Å². The van der Waals surface area contributed by atoms with Gasteiger partial charge < -0.3 is 19.7 Å². The van der Waals surface area contributed by atoms with E-state index >= 15 is 0 Å². The predicted molar refractivity (Wildman–Crippen MR) is 126 cm³/mol. The topological polar surface area (TPSA) is 79.2 Å². The van der Waals surface area contributed by atoms with Gasteiger partial charge in [0.15, 0.2) is 4.93 Å². The zero-order valence-corrected chi connectivity index (χ0v) is 20.0. The standard InChI is InChI=1S/C23H29NO3S.C2H4O2/c1-23(2)27-21-13-7-17(14-22(21)28-23)20-12-9-18(24(20)15-25)8-4-16-5-10-19(26-3)11-6-16;1-2(3)4/h5-7,10-11,13-14,18,20,25H,4,8-9,12,15H2,1-3H3;1H3,(H,3,4). The number of carboxylic acids is 1. The molecule has 0 aliphatic carbocycles. The SMILES string of the molecule is CC(=O)O.COc1ccc(CCC2CCC(c3ccc4c(c3)SC(C)(C)O4)N2CO)cc1. The molecule has 174 valence electrons. The Labute approximate surface area is 194 Å². The maximum Gasteiger partial charge on any atom is 0.300 e. The number of carboxylic acid groups (broad SMARTS) is 1. The average molecular weight is 460 g/mol. The number of aliphatic hydroxyl groups is 1. The van der Waals surface area contributed by atoms with Gasteiger partial charge in [0, 0.05) is 19.0 Å². The zero-order chi connectivity index (χ0) is 23.3. The normalized spacial score (nSPS) is 21.3. The number of nitrogens with zero attached hydrogens (tertiary/aromatic N) is 1. The van der Waals surface area contributed by atoms with Crippen molar-refractivity contribution in [3.05, 3.63) is 53.6 Å². The number of ether oxygens (including phenoxy) is 2. The Morgan fingerprint density at radius 1 is 1.22 bits per heavy atom. The Kier molecular flexibility index (Phi) is 8.09. The number of methoxy groups -OCH3 is 1. The minimum absolute atomic E-state index is 0.101. The smallest absolute Gasteiger partial charge is 0.300 e. The van der Waals surface area contributed by atoms with Gasteiger partial charge in [0.05, 0.1) is 18.7 Å².